The van der Waals surface area contributed by atoms with Gasteiger partial charge in [-0.25, -0.2) is 4.79 Å². The normalized spacial score (nSPS) is 13.4. The number of nitrogens with one attached hydrogen (secondary N) is 2. The zero-order valence-electron chi connectivity index (χ0n) is 22.7. The van der Waals surface area contributed by atoms with Crippen LogP contribution in [0.1, 0.15) is 60.5 Å². The summed E-state index contributed by atoms with van der Waals surface area (Å²) in [6.45, 7) is 12.8. The molecule has 1 aromatic rings. The average molecular weight is 499 g/mol. The number of carbonyl (C=O) groups excluding carboxylic acids is 2. The zero-order chi connectivity index (χ0) is 27.0. The lowest BCUT2D eigenvalue weighted by Gasteiger charge is -2.31. The Bertz CT molecular complexity index is 858. The minimum atomic E-state index is -0.969. The standard InChI is InChI=1S/C25H42N2O8/c1-15(34-24(2,3)4)19(27-23(30)35-25(5,6)7)22(29)26-13-11-12-16-20(28)17(31-8)14-18(32-9)21(16)33-10/h14-15,19,28H,11-13H2,1-10H3,(H,26,29)(H,27,30)/t15-,19+/m1/s1. The summed E-state index contributed by atoms with van der Waals surface area (Å²) < 4.78 is 27.2. The number of rotatable bonds is 11. The lowest BCUT2D eigenvalue weighted by molar-refractivity contribution is -0.131. The lowest BCUT2D eigenvalue weighted by atomic mass is 10.1. The number of phenols is 1. The Balaban J connectivity index is 2.92. The highest BCUT2D eigenvalue weighted by Crippen LogP contribution is 2.44. The van der Waals surface area contributed by atoms with Crippen LogP contribution in [0.4, 0.5) is 4.79 Å². The van der Waals surface area contributed by atoms with Gasteiger partial charge >= 0.3 is 6.09 Å². The molecule has 1 rings (SSSR count). The Morgan fingerprint density at radius 1 is 0.971 bits per heavy atom. The highest BCUT2D eigenvalue weighted by atomic mass is 16.6. The molecule has 200 valence electrons. The van der Waals surface area contributed by atoms with Crippen LogP contribution < -0.4 is 24.8 Å². The molecule has 0 saturated heterocycles. The van der Waals surface area contributed by atoms with E-state index in [-0.39, 0.29) is 18.0 Å². The summed E-state index contributed by atoms with van der Waals surface area (Å²) in [5, 5.41) is 16.0. The van der Waals surface area contributed by atoms with E-state index in [9.17, 15) is 14.7 Å². The average Bonchev–Trinajstić information content (AvgIpc) is 2.72. The molecule has 0 saturated carbocycles. The Kier molecular flexibility index (Phi) is 11.0. The van der Waals surface area contributed by atoms with Crippen LogP contribution in [0, 0.1) is 0 Å². The van der Waals surface area contributed by atoms with Crippen LogP contribution in [-0.4, -0.2) is 68.3 Å². The van der Waals surface area contributed by atoms with Crippen LogP contribution in [0.15, 0.2) is 6.07 Å². The number of benzene rings is 1. The van der Waals surface area contributed by atoms with Crippen LogP contribution in [0.25, 0.3) is 0 Å². The summed E-state index contributed by atoms with van der Waals surface area (Å²) in [6, 6.07) is 0.576. The van der Waals surface area contributed by atoms with E-state index in [4.69, 9.17) is 23.7 Å². The molecule has 2 atom stereocenters. The predicted octanol–water partition coefficient (Wildman–Crippen LogP) is 3.56. The summed E-state index contributed by atoms with van der Waals surface area (Å²) in [4.78, 5) is 25.4. The van der Waals surface area contributed by atoms with Gasteiger partial charge in [0.05, 0.1) is 33.0 Å². The van der Waals surface area contributed by atoms with Crippen LogP contribution in [-0.2, 0) is 20.7 Å². The maximum absolute atomic E-state index is 13.0. The summed E-state index contributed by atoms with van der Waals surface area (Å²) >= 11 is 0. The minimum absolute atomic E-state index is 0.0480. The van der Waals surface area contributed by atoms with Crippen molar-refractivity contribution in [3.05, 3.63) is 11.6 Å². The fourth-order valence-corrected chi connectivity index (χ4v) is 3.46. The molecule has 0 aliphatic heterocycles. The van der Waals surface area contributed by atoms with Gasteiger partial charge < -0.3 is 39.4 Å². The molecule has 0 aliphatic rings. The number of carbonyl (C=O) groups is 2. The van der Waals surface area contributed by atoms with Crippen LogP contribution >= 0.6 is 0 Å². The van der Waals surface area contributed by atoms with Crippen LogP contribution in [0.3, 0.4) is 0 Å². The molecule has 10 nitrogen and oxygen atoms in total. The molecule has 0 aromatic heterocycles. The summed E-state index contributed by atoms with van der Waals surface area (Å²) in [5.41, 5.74) is -0.726. The zero-order valence-corrected chi connectivity index (χ0v) is 22.7. The van der Waals surface area contributed by atoms with E-state index in [1.165, 1.54) is 21.3 Å². The highest BCUT2D eigenvalue weighted by molar-refractivity contribution is 5.86. The molecule has 0 fully saturated rings. The summed E-state index contributed by atoms with van der Waals surface area (Å²) in [7, 11) is 4.43. The highest BCUT2D eigenvalue weighted by Gasteiger charge is 2.32. The fourth-order valence-electron chi connectivity index (χ4n) is 3.46. The van der Waals surface area contributed by atoms with E-state index in [1.54, 1.807) is 33.8 Å². The van der Waals surface area contributed by atoms with Gasteiger partial charge in [0.25, 0.3) is 0 Å². The molecule has 0 unspecified atom stereocenters. The molecule has 0 spiro atoms. The molecular weight excluding hydrogens is 456 g/mol. The second-order valence-electron chi connectivity index (χ2n) is 10.1. The number of methoxy groups -OCH3 is 3. The predicted molar refractivity (Wildman–Crippen MR) is 133 cm³/mol. The van der Waals surface area contributed by atoms with Gasteiger partial charge in [-0.3, -0.25) is 4.79 Å². The third-order valence-electron chi connectivity index (χ3n) is 4.79. The van der Waals surface area contributed by atoms with E-state index in [0.717, 1.165) is 0 Å². The number of hydrogen-bond donors (Lipinski definition) is 3. The van der Waals surface area contributed by atoms with Gasteiger partial charge in [0.1, 0.15) is 11.6 Å². The van der Waals surface area contributed by atoms with Crippen LogP contribution in [0.5, 0.6) is 23.0 Å². The first kappa shape index (κ1) is 30.2. The Morgan fingerprint density at radius 2 is 1.57 bits per heavy atom. The molecular formula is C25H42N2O8. The van der Waals surface area contributed by atoms with Crippen molar-refractivity contribution in [1.82, 2.24) is 10.6 Å². The van der Waals surface area contributed by atoms with Crippen molar-refractivity contribution in [1.29, 1.82) is 0 Å². The maximum Gasteiger partial charge on any atom is 0.408 e. The quantitative estimate of drug-likeness (QED) is 0.396. The fraction of sp³-hybridized carbons (Fsp3) is 0.680. The Hall–Kier alpha value is -2.88. The first-order valence-corrected chi connectivity index (χ1v) is 11.6. The van der Waals surface area contributed by atoms with Gasteiger partial charge in [-0.05, 0) is 61.3 Å². The monoisotopic (exact) mass is 498 g/mol. The van der Waals surface area contributed by atoms with Crippen molar-refractivity contribution in [2.24, 2.45) is 0 Å². The second-order valence-corrected chi connectivity index (χ2v) is 10.1. The molecule has 10 heteroatoms. The number of phenolic OH excluding ortho intramolecular Hbond substituents is 1. The number of hydrogen-bond acceptors (Lipinski definition) is 8. The first-order valence-electron chi connectivity index (χ1n) is 11.6. The van der Waals surface area contributed by atoms with Gasteiger partial charge in [0.15, 0.2) is 23.0 Å². The number of ether oxygens (including phenoxy) is 5. The SMILES string of the molecule is COc1cc(OC)c(OC)c(CCCNC(=O)[C@@H](NC(=O)OC(C)(C)C)[C@@H](C)OC(C)(C)C)c1O. The molecule has 2 amide bonds. The molecule has 0 aliphatic carbocycles. The number of amides is 2. The molecule has 35 heavy (non-hydrogen) atoms. The van der Waals surface area contributed by atoms with Gasteiger partial charge in [-0.1, -0.05) is 0 Å². The summed E-state index contributed by atoms with van der Waals surface area (Å²) in [6.07, 6.45) is -0.477. The van der Waals surface area contributed by atoms with Crippen molar-refractivity contribution in [2.75, 3.05) is 27.9 Å². The van der Waals surface area contributed by atoms with E-state index in [1.807, 2.05) is 20.8 Å². The van der Waals surface area contributed by atoms with Crippen molar-refractivity contribution >= 4 is 12.0 Å². The van der Waals surface area contributed by atoms with E-state index in [0.29, 0.717) is 29.9 Å². The molecule has 0 radical (unpaired) electrons. The molecule has 0 heterocycles. The molecule has 0 bridgehead atoms. The second kappa shape index (κ2) is 12.7. The van der Waals surface area contributed by atoms with Crippen molar-refractivity contribution in [3.63, 3.8) is 0 Å². The maximum atomic E-state index is 13.0. The molecule has 1 aromatic carbocycles. The topological polar surface area (TPSA) is 125 Å². The Labute approximate surface area is 208 Å². The van der Waals surface area contributed by atoms with Gasteiger partial charge in [0.2, 0.25) is 5.91 Å². The molecule has 3 N–H and O–H groups in total. The summed E-state index contributed by atoms with van der Waals surface area (Å²) in [5.74, 6) is 0.626. The largest absolute Gasteiger partial charge is 0.504 e. The van der Waals surface area contributed by atoms with E-state index < -0.39 is 35.3 Å². The van der Waals surface area contributed by atoms with Crippen molar-refractivity contribution < 1.29 is 38.4 Å². The lowest BCUT2D eigenvalue weighted by Crippen LogP contribution is -2.55. The third kappa shape index (κ3) is 9.71. The number of aromatic hydroxyl groups is 1. The third-order valence-corrected chi connectivity index (χ3v) is 4.79. The number of alkyl carbamates (subject to hydrolysis) is 1. The van der Waals surface area contributed by atoms with Gasteiger partial charge in [-0.2, -0.15) is 0 Å². The van der Waals surface area contributed by atoms with Crippen molar-refractivity contribution in [3.8, 4) is 23.0 Å². The van der Waals surface area contributed by atoms with Gasteiger partial charge in [0, 0.05) is 18.2 Å². The Morgan fingerprint density at radius 3 is 2.06 bits per heavy atom. The van der Waals surface area contributed by atoms with Crippen molar-refractivity contribution in [2.45, 2.75) is 84.7 Å². The van der Waals surface area contributed by atoms with Crippen LogP contribution in [0.2, 0.25) is 0 Å². The van der Waals surface area contributed by atoms with Gasteiger partial charge in [-0.15, -0.1) is 0 Å². The van der Waals surface area contributed by atoms with E-state index >= 15 is 0 Å². The smallest absolute Gasteiger partial charge is 0.408 e. The van der Waals surface area contributed by atoms with E-state index in [2.05, 4.69) is 10.6 Å². The minimum Gasteiger partial charge on any atom is -0.504 e. The first-order chi connectivity index (χ1) is 16.1.